The first kappa shape index (κ1) is 26.3. The molecule has 200 valence electrons. The Hall–Kier alpha value is -3.32. The lowest BCUT2D eigenvalue weighted by atomic mass is 10.0. The van der Waals surface area contributed by atoms with Gasteiger partial charge in [0.15, 0.2) is 0 Å². The monoisotopic (exact) mass is 554 g/mol. The molecule has 13 heteroatoms. The predicted octanol–water partition coefficient (Wildman–Crippen LogP) is 5.91. The number of thioether (sulfide) groups is 1. The summed E-state index contributed by atoms with van der Waals surface area (Å²) < 4.78 is 80.8. The number of rotatable bonds is 5. The van der Waals surface area contributed by atoms with Gasteiger partial charge in [0.1, 0.15) is 0 Å². The topological polar surface area (TPSA) is 67.2 Å². The summed E-state index contributed by atoms with van der Waals surface area (Å²) in [6, 6.07) is 6.50. The fourth-order valence-electron chi connectivity index (χ4n) is 4.58. The maximum Gasteiger partial charge on any atom is 0.416 e. The summed E-state index contributed by atoms with van der Waals surface area (Å²) >= 11 is 0.842. The molecule has 1 aromatic heterocycles. The average molecular weight is 555 g/mol. The molecule has 2 fully saturated rings. The van der Waals surface area contributed by atoms with E-state index in [2.05, 4.69) is 10.4 Å². The summed E-state index contributed by atoms with van der Waals surface area (Å²) in [7, 11) is 0. The molecule has 3 aromatic rings. The fraction of sp³-hybridized carbons (Fsp3) is 0.320. The summed E-state index contributed by atoms with van der Waals surface area (Å²) in [6.07, 6.45) is -5.03. The number of fused-ring (bicyclic) bond motifs is 1. The first-order chi connectivity index (χ1) is 17.9. The number of carbonyl (C=O) groups excluding carboxylic acids is 2. The number of benzene rings is 2. The molecule has 3 heterocycles. The number of nitrogens with one attached hydrogen (secondary N) is 1. The Bertz CT molecular complexity index is 1440. The lowest BCUT2D eigenvalue weighted by Gasteiger charge is -2.17. The summed E-state index contributed by atoms with van der Waals surface area (Å²) in [5, 5.41) is 7.58. The molecule has 2 aliphatic heterocycles. The quantitative estimate of drug-likeness (QED) is 0.314. The van der Waals surface area contributed by atoms with Crippen molar-refractivity contribution in [1.82, 2.24) is 20.0 Å². The third-order valence-corrected chi connectivity index (χ3v) is 7.37. The highest BCUT2D eigenvalue weighted by atomic mass is 32.2. The van der Waals surface area contributed by atoms with Crippen molar-refractivity contribution < 1.29 is 35.9 Å². The van der Waals surface area contributed by atoms with Crippen LogP contribution >= 0.6 is 11.8 Å². The van der Waals surface area contributed by atoms with Crippen molar-refractivity contribution in [1.29, 1.82) is 0 Å². The van der Waals surface area contributed by atoms with Crippen LogP contribution in [0.3, 0.4) is 0 Å². The van der Waals surface area contributed by atoms with Gasteiger partial charge in [0, 0.05) is 18.0 Å². The van der Waals surface area contributed by atoms with Gasteiger partial charge in [-0.15, -0.1) is 0 Å². The maximum atomic E-state index is 13.5. The molecule has 0 spiro atoms. The zero-order chi connectivity index (χ0) is 27.2. The first-order valence-corrected chi connectivity index (χ1v) is 12.4. The van der Waals surface area contributed by atoms with Crippen LogP contribution in [0.2, 0.25) is 0 Å². The van der Waals surface area contributed by atoms with Crippen LogP contribution in [0, 0.1) is 0 Å². The molecule has 2 aromatic carbocycles. The normalized spacial score (nSPS) is 19.9. The van der Waals surface area contributed by atoms with E-state index in [1.165, 1.54) is 15.8 Å². The summed E-state index contributed by atoms with van der Waals surface area (Å²) in [6.45, 7) is 0.752. The van der Waals surface area contributed by atoms with Crippen molar-refractivity contribution in [2.45, 2.75) is 37.8 Å². The van der Waals surface area contributed by atoms with Gasteiger partial charge in [-0.05, 0) is 72.6 Å². The summed E-state index contributed by atoms with van der Waals surface area (Å²) in [4.78, 5) is 26.7. The van der Waals surface area contributed by atoms with Crippen LogP contribution in [0.15, 0.2) is 47.5 Å². The third-order valence-electron chi connectivity index (χ3n) is 6.47. The van der Waals surface area contributed by atoms with Crippen LogP contribution in [0.1, 0.15) is 35.1 Å². The van der Waals surface area contributed by atoms with Crippen molar-refractivity contribution in [3.63, 3.8) is 0 Å². The van der Waals surface area contributed by atoms with E-state index >= 15 is 0 Å². The lowest BCUT2D eigenvalue weighted by Crippen LogP contribution is -2.39. The van der Waals surface area contributed by atoms with Gasteiger partial charge in [-0.3, -0.25) is 19.2 Å². The Morgan fingerprint density at radius 3 is 2.53 bits per heavy atom. The zero-order valence-electron chi connectivity index (χ0n) is 19.6. The number of hydrogen-bond donors (Lipinski definition) is 1. The zero-order valence-corrected chi connectivity index (χ0v) is 20.4. The van der Waals surface area contributed by atoms with E-state index in [1.807, 2.05) is 0 Å². The molecule has 1 N–H and O–H groups in total. The van der Waals surface area contributed by atoms with Gasteiger partial charge in [-0.1, -0.05) is 12.1 Å². The van der Waals surface area contributed by atoms with Gasteiger partial charge in [0.05, 0.1) is 34.3 Å². The van der Waals surface area contributed by atoms with Crippen molar-refractivity contribution >= 4 is 39.9 Å². The van der Waals surface area contributed by atoms with Crippen LogP contribution < -0.4 is 5.32 Å². The molecule has 6 nitrogen and oxygen atoms in total. The number of halogens is 6. The summed E-state index contributed by atoms with van der Waals surface area (Å²) in [5.41, 5.74) is -2.07. The molecule has 0 aliphatic carbocycles. The van der Waals surface area contributed by atoms with Gasteiger partial charge < -0.3 is 5.32 Å². The number of alkyl halides is 6. The molecule has 2 amide bonds. The minimum absolute atomic E-state index is 0.0765. The van der Waals surface area contributed by atoms with E-state index in [1.54, 1.807) is 24.3 Å². The highest BCUT2D eigenvalue weighted by Gasteiger charge is 2.39. The van der Waals surface area contributed by atoms with Crippen LogP contribution in [-0.4, -0.2) is 45.0 Å². The average Bonchev–Trinajstić information content (AvgIpc) is 3.55. The smallest absolute Gasteiger partial charge is 0.312 e. The van der Waals surface area contributed by atoms with E-state index in [-0.39, 0.29) is 33.7 Å². The molecule has 1 atom stereocenters. The summed E-state index contributed by atoms with van der Waals surface area (Å²) in [5.74, 6) is -0.383. The number of imide groups is 1. The first-order valence-electron chi connectivity index (χ1n) is 11.6. The van der Waals surface area contributed by atoms with E-state index in [0.29, 0.717) is 29.1 Å². The number of nitrogens with zero attached hydrogens (tertiary/aromatic N) is 3. The highest BCUT2D eigenvalue weighted by molar-refractivity contribution is 8.18. The molecule has 2 saturated heterocycles. The molecule has 0 saturated carbocycles. The second-order valence-electron chi connectivity index (χ2n) is 9.07. The van der Waals surface area contributed by atoms with E-state index in [4.69, 9.17) is 0 Å². The Labute approximate surface area is 216 Å². The SMILES string of the molecule is O=C1SC(=Cc2ccc3c(cnn3Cc3ccc(C(F)(F)F)cc3C(F)(F)F)c2)C(=O)N1C[C@@H]1CCCN1. The molecule has 2 aliphatic rings. The third kappa shape index (κ3) is 5.30. The predicted molar refractivity (Wildman–Crippen MR) is 129 cm³/mol. The number of aromatic nitrogens is 2. The number of carbonyl (C=O) groups is 2. The highest BCUT2D eigenvalue weighted by Crippen LogP contribution is 2.38. The van der Waals surface area contributed by atoms with Gasteiger partial charge in [0.2, 0.25) is 0 Å². The molecule has 0 bridgehead atoms. The number of amides is 2. The van der Waals surface area contributed by atoms with Gasteiger partial charge in [-0.2, -0.15) is 31.4 Å². The largest absolute Gasteiger partial charge is 0.416 e. The van der Waals surface area contributed by atoms with Crippen molar-refractivity contribution in [3.05, 3.63) is 69.8 Å². The van der Waals surface area contributed by atoms with Crippen LogP contribution in [0.25, 0.3) is 17.0 Å². The van der Waals surface area contributed by atoms with Gasteiger partial charge in [0.25, 0.3) is 11.1 Å². The van der Waals surface area contributed by atoms with Crippen LogP contribution in [0.4, 0.5) is 31.1 Å². The van der Waals surface area contributed by atoms with Crippen molar-refractivity contribution in [3.8, 4) is 0 Å². The van der Waals surface area contributed by atoms with Crippen molar-refractivity contribution in [2.24, 2.45) is 0 Å². The van der Waals surface area contributed by atoms with Crippen molar-refractivity contribution in [2.75, 3.05) is 13.1 Å². The Morgan fingerprint density at radius 2 is 1.84 bits per heavy atom. The standard InChI is InChI=1S/C25H20F6N4O2S/c26-24(27,28)17-5-4-15(19(10-17)25(29,30)31)12-35-20-6-3-14(8-16(20)11-33-35)9-21-22(36)34(23(37)38-21)13-18-2-1-7-32-18/h3-6,8-11,18,32H,1-2,7,12-13H2/t18-/m0/s1. The lowest BCUT2D eigenvalue weighted by molar-refractivity contribution is -0.143. The fourth-order valence-corrected chi connectivity index (χ4v) is 5.43. The second kappa shape index (κ2) is 9.77. The molecular weight excluding hydrogens is 534 g/mol. The van der Waals surface area contributed by atoms with Gasteiger partial charge >= 0.3 is 12.4 Å². The maximum absolute atomic E-state index is 13.5. The Kier molecular flexibility index (Phi) is 6.76. The van der Waals surface area contributed by atoms with E-state index in [9.17, 15) is 35.9 Å². The minimum atomic E-state index is -4.98. The Morgan fingerprint density at radius 1 is 1.05 bits per heavy atom. The molecule has 38 heavy (non-hydrogen) atoms. The molecule has 0 radical (unpaired) electrons. The molecular formula is C25H20F6N4O2S. The van der Waals surface area contributed by atoms with Crippen LogP contribution in [-0.2, 0) is 23.7 Å². The van der Waals surface area contributed by atoms with E-state index in [0.717, 1.165) is 37.2 Å². The van der Waals surface area contributed by atoms with Crippen LogP contribution in [0.5, 0.6) is 0 Å². The molecule has 5 rings (SSSR count). The van der Waals surface area contributed by atoms with E-state index < -0.39 is 30.0 Å². The van der Waals surface area contributed by atoms with Gasteiger partial charge in [-0.25, -0.2) is 0 Å². The second-order valence-corrected chi connectivity index (χ2v) is 10.1. The Balaban J connectivity index is 1.38. The molecule has 0 unspecified atom stereocenters. The number of hydrogen-bond acceptors (Lipinski definition) is 5. The minimum Gasteiger partial charge on any atom is -0.312 e.